The summed E-state index contributed by atoms with van der Waals surface area (Å²) in [6, 6.07) is 5.07. The molecule has 0 saturated carbocycles. The second kappa shape index (κ2) is 4.53. The number of nitrogens with two attached hydrogens (primary N) is 1. The van der Waals surface area contributed by atoms with Gasteiger partial charge in [0.15, 0.2) is 0 Å². The minimum absolute atomic E-state index is 0.381. The number of methoxy groups -OCH3 is 2. The Labute approximate surface area is 95.3 Å². The minimum Gasteiger partial charge on any atom is -0.496 e. The molecule has 0 aliphatic rings. The molecule has 0 bridgehead atoms. The Morgan fingerprint density at radius 3 is 2.38 bits per heavy atom. The molecule has 0 amide bonds. The van der Waals surface area contributed by atoms with Crippen molar-refractivity contribution in [3.8, 4) is 5.75 Å². The Morgan fingerprint density at radius 1 is 1.31 bits per heavy atom. The third kappa shape index (κ3) is 2.52. The number of esters is 1. The van der Waals surface area contributed by atoms with Crippen LogP contribution in [0.1, 0.15) is 29.8 Å². The number of hydrogen-bond donors (Lipinski definition) is 1. The second-order valence-electron chi connectivity index (χ2n) is 4.13. The molecule has 0 aromatic heterocycles. The summed E-state index contributed by atoms with van der Waals surface area (Å²) in [5.74, 6) is 0.285. The lowest BCUT2D eigenvalue weighted by atomic mass is 9.93. The van der Waals surface area contributed by atoms with Crippen molar-refractivity contribution in [1.82, 2.24) is 0 Å². The normalized spacial score (nSPS) is 11.1. The van der Waals surface area contributed by atoms with E-state index in [1.807, 2.05) is 13.8 Å². The standard InChI is InChI=1S/C12H17NO3/c1-12(2,13)9-7-8(11(14)16-4)5-6-10(9)15-3/h5-7H,13H2,1-4H3. The van der Waals surface area contributed by atoms with E-state index < -0.39 is 5.54 Å². The number of carbonyl (C=O) groups is 1. The summed E-state index contributed by atoms with van der Waals surface area (Å²) < 4.78 is 9.86. The lowest BCUT2D eigenvalue weighted by Crippen LogP contribution is -2.29. The van der Waals surface area contributed by atoms with Crippen LogP contribution in [0.2, 0.25) is 0 Å². The van der Waals surface area contributed by atoms with Crippen molar-refractivity contribution in [2.75, 3.05) is 14.2 Å². The molecule has 1 aromatic rings. The number of carbonyl (C=O) groups excluding carboxylic acids is 1. The molecule has 0 radical (unpaired) electrons. The average molecular weight is 223 g/mol. The highest BCUT2D eigenvalue weighted by atomic mass is 16.5. The fraction of sp³-hybridized carbons (Fsp3) is 0.417. The number of ether oxygens (including phenoxy) is 2. The largest absolute Gasteiger partial charge is 0.496 e. The van der Waals surface area contributed by atoms with Crippen molar-refractivity contribution < 1.29 is 14.3 Å². The summed E-state index contributed by atoms with van der Waals surface area (Å²) >= 11 is 0. The van der Waals surface area contributed by atoms with Gasteiger partial charge < -0.3 is 15.2 Å². The number of rotatable bonds is 3. The van der Waals surface area contributed by atoms with E-state index in [1.165, 1.54) is 7.11 Å². The van der Waals surface area contributed by atoms with Crippen LogP contribution >= 0.6 is 0 Å². The number of benzene rings is 1. The molecule has 0 unspecified atom stereocenters. The highest BCUT2D eigenvalue weighted by Gasteiger charge is 2.21. The molecule has 0 saturated heterocycles. The van der Waals surface area contributed by atoms with Crippen LogP contribution in [0, 0.1) is 0 Å². The van der Waals surface area contributed by atoms with E-state index in [4.69, 9.17) is 10.5 Å². The lowest BCUT2D eigenvalue weighted by molar-refractivity contribution is 0.0600. The maximum atomic E-state index is 11.4. The van der Waals surface area contributed by atoms with Crippen LogP contribution in [0.15, 0.2) is 18.2 Å². The molecule has 0 heterocycles. The first-order chi connectivity index (χ1) is 7.40. The molecule has 0 fully saturated rings. The van der Waals surface area contributed by atoms with E-state index in [2.05, 4.69) is 4.74 Å². The fourth-order valence-electron chi connectivity index (χ4n) is 1.46. The Balaban J connectivity index is 3.27. The zero-order chi connectivity index (χ0) is 12.3. The van der Waals surface area contributed by atoms with Crippen molar-refractivity contribution >= 4 is 5.97 Å². The van der Waals surface area contributed by atoms with Gasteiger partial charge >= 0.3 is 5.97 Å². The van der Waals surface area contributed by atoms with Crippen molar-refractivity contribution in [3.63, 3.8) is 0 Å². The van der Waals surface area contributed by atoms with Crippen molar-refractivity contribution in [2.24, 2.45) is 5.73 Å². The van der Waals surface area contributed by atoms with Crippen LogP contribution in [0.5, 0.6) is 5.75 Å². The quantitative estimate of drug-likeness (QED) is 0.792. The van der Waals surface area contributed by atoms with Gasteiger partial charge in [0, 0.05) is 11.1 Å². The van der Waals surface area contributed by atoms with Gasteiger partial charge in [-0.15, -0.1) is 0 Å². The van der Waals surface area contributed by atoms with Gasteiger partial charge in [0.25, 0.3) is 0 Å². The first kappa shape index (κ1) is 12.5. The molecular weight excluding hydrogens is 206 g/mol. The van der Waals surface area contributed by atoms with Crippen LogP contribution in [-0.2, 0) is 10.3 Å². The first-order valence-electron chi connectivity index (χ1n) is 4.96. The van der Waals surface area contributed by atoms with Crippen LogP contribution in [0.4, 0.5) is 0 Å². The Morgan fingerprint density at radius 2 is 1.94 bits per heavy atom. The molecule has 88 valence electrons. The monoisotopic (exact) mass is 223 g/mol. The molecule has 16 heavy (non-hydrogen) atoms. The van der Waals surface area contributed by atoms with Crippen molar-refractivity contribution in [2.45, 2.75) is 19.4 Å². The van der Waals surface area contributed by atoms with E-state index in [1.54, 1.807) is 25.3 Å². The van der Waals surface area contributed by atoms with Gasteiger partial charge in [0.05, 0.1) is 19.8 Å². The highest BCUT2D eigenvalue weighted by Crippen LogP contribution is 2.28. The Bertz CT molecular complexity index is 394. The van der Waals surface area contributed by atoms with Crippen LogP contribution in [0.25, 0.3) is 0 Å². The lowest BCUT2D eigenvalue weighted by Gasteiger charge is -2.22. The SMILES string of the molecule is COC(=O)c1ccc(OC)c(C(C)(C)N)c1. The molecule has 0 aliphatic carbocycles. The maximum absolute atomic E-state index is 11.4. The molecule has 1 rings (SSSR count). The first-order valence-corrected chi connectivity index (χ1v) is 4.96. The Hall–Kier alpha value is -1.55. The van der Waals surface area contributed by atoms with E-state index in [-0.39, 0.29) is 5.97 Å². The summed E-state index contributed by atoms with van der Waals surface area (Å²) in [7, 11) is 2.92. The summed E-state index contributed by atoms with van der Waals surface area (Å²) in [5.41, 5.74) is 6.68. The zero-order valence-electron chi connectivity index (χ0n) is 10.0. The van der Waals surface area contributed by atoms with E-state index >= 15 is 0 Å². The maximum Gasteiger partial charge on any atom is 0.337 e. The minimum atomic E-state index is -0.574. The predicted molar refractivity (Wildman–Crippen MR) is 61.5 cm³/mol. The predicted octanol–water partition coefficient (Wildman–Crippen LogP) is 1.68. The molecule has 4 nitrogen and oxygen atoms in total. The summed E-state index contributed by atoms with van der Waals surface area (Å²) in [6.07, 6.45) is 0. The molecule has 2 N–H and O–H groups in total. The Kier molecular flexibility index (Phi) is 3.55. The topological polar surface area (TPSA) is 61.5 Å². The van der Waals surface area contributed by atoms with Crippen LogP contribution in [-0.4, -0.2) is 20.2 Å². The van der Waals surface area contributed by atoms with Crippen molar-refractivity contribution in [3.05, 3.63) is 29.3 Å². The molecule has 0 aliphatic heterocycles. The third-order valence-electron chi connectivity index (χ3n) is 2.31. The van der Waals surface area contributed by atoms with Gasteiger partial charge in [0.1, 0.15) is 5.75 Å². The van der Waals surface area contributed by atoms with Gasteiger partial charge in [-0.2, -0.15) is 0 Å². The molecule has 1 aromatic carbocycles. The van der Waals surface area contributed by atoms with E-state index in [0.29, 0.717) is 11.3 Å². The van der Waals surface area contributed by atoms with Gasteiger partial charge in [0.2, 0.25) is 0 Å². The number of hydrogen-bond acceptors (Lipinski definition) is 4. The third-order valence-corrected chi connectivity index (χ3v) is 2.31. The van der Waals surface area contributed by atoms with Crippen LogP contribution < -0.4 is 10.5 Å². The van der Waals surface area contributed by atoms with Gasteiger partial charge in [-0.1, -0.05) is 0 Å². The van der Waals surface area contributed by atoms with E-state index in [0.717, 1.165) is 5.56 Å². The molecule has 4 heteroatoms. The van der Waals surface area contributed by atoms with Gasteiger partial charge in [-0.05, 0) is 32.0 Å². The zero-order valence-corrected chi connectivity index (χ0v) is 10.0. The summed E-state index contributed by atoms with van der Waals surface area (Å²) in [6.45, 7) is 3.71. The summed E-state index contributed by atoms with van der Waals surface area (Å²) in [4.78, 5) is 11.4. The molecular formula is C12H17NO3. The summed E-state index contributed by atoms with van der Waals surface area (Å²) in [5, 5.41) is 0. The van der Waals surface area contributed by atoms with Crippen molar-refractivity contribution in [1.29, 1.82) is 0 Å². The van der Waals surface area contributed by atoms with E-state index in [9.17, 15) is 4.79 Å². The smallest absolute Gasteiger partial charge is 0.337 e. The molecule has 0 spiro atoms. The highest BCUT2D eigenvalue weighted by molar-refractivity contribution is 5.89. The molecule has 0 atom stereocenters. The van der Waals surface area contributed by atoms with Gasteiger partial charge in [-0.25, -0.2) is 4.79 Å². The second-order valence-corrected chi connectivity index (χ2v) is 4.13. The average Bonchev–Trinajstić information content (AvgIpc) is 2.26. The fourth-order valence-corrected chi connectivity index (χ4v) is 1.46. The van der Waals surface area contributed by atoms with Gasteiger partial charge in [-0.3, -0.25) is 0 Å². The van der Waals surface area contributed by atoms with Crippen LogP contribution in [0.3, 0.4) is 0 Å².